The number of nitrogens with zero attached hydrogens (tertiary/aromatic N) is 2. The fraction of sp³-hybridized carbons (Fsp3) is 0.400. The van der Waals surface area contributed by atoms with Crippen LogP contribution in [0.25, 0.3) is 0 Å². The highest BCUT2D eigenvalue weighted by molar-refractivity contribution is 7.89. The predicted octanol–water partition coefficient (Wildman–Crippen LogP) is 2.02. The molecule has 1 aromatic carbocycles. The van der Waals surface area contributed by atoms with E-state index < -0.39 is 26.6 Å². The third kappa shape index (κ3) is 3.28. The van der Waals surface area contributed by atoms with Gasteiger partial charge in [-0.15, -0.1) is 0 Å². The Labute approximate surface area is 133 Å². The quantitative estimate of drug-likeness (QED) is 0.905. The van der Waals surface area contributed by atoms with Crippen LogP contribution in [0.5, 0.6) is 0 Å². The van der Waals surface area contributed by atoms with E-state index in [9.17, 15) is 17.2 Å². The van der Waals surface area contributed by atoms with E-state index in [4.69, 9.17) is 0 Å². The van der Waals surface area contributed by atoms with Crippen LogP contribution in [0.3, 0.4) is 0 Å². The molecular weight excluding hydrogens is 324 g/mol. The summed E-state index contributed by atoms with van der Waals surface area (Å²) in [6.07, 6.45) is 5.94. The summed E-state index contributed by atoms with van der Waals surface area (Å²) in [5.74, 6) is -2.21. The van der Waals surface area contributed by atoms with Gasteiger partial charge in [0.15, 0.2) is 4.90 Å². The zero-order valence-corrected chi connectivity index (χ0v) is 13.2. The number of fused-ring (bicyclic) bond motifs is 1. The van der Waals surface area contributed by atoms with Crippen LogP contribution in [0.4, 0.5) is 8.78 Å². The average Bonchev–Trinajstić information content (AvgIpc) is 2.90. The molecule has 23 heavy (non-hydrogen) atoms. The number of aryl methyl sites for hydroxylation is 1. The van der Waals surface area contributed by atoms with Gasteiger partial charge in [0.2, 0.25) is 10.0 Å². The molecule has 0 bridgehead atoms. The number of benzene rings is 1. The van der Waals surface area contributed by atoms with Crippen LogP contribution in [0.2, 0.25) is 0 Å². The van der Waals surface area contributed by atoms with Crippen LogP contribution in [-0.4, -0.2) is 24.7 Å². The first kappa shape index (κ1) is 16.1. The Morgan fingerprint density at radius 1 is 1.17 bits per heavy atom. The zero-order valence-electron chi connectivity index (χ0n) is 12.4. The fourth-order valence-corrected chi connectivity index (χ4v) is 4.00. The first-order valence-corrected chi connectivity index (χ1v) is 8.94. The number of halogens is 2. The van der Waals surface area contributed by atoms with Crippen molar-refractivity contribution in [3.8, 4) is 0 Å². The minimum Gasteiger partial charge on any atom is -0.268 e. The molecular formula is C15H17F2N3O2S. The molecule has 8 heteroatoms. The molecule has 0 saturated heterocycles. The highest BCUT2D eigenvalue weighted by Gasteiger charge is 2.23. The van der Waals surface area contributed by atoms with E-state index in [1.807, 2.05) is 0 Å². The van der Waals surface area contributed by atoms with Crippen molar-refractivity contribution in [3.05, 3.63) is 47.3 Å². The van der Waals surface area contributed by atoms with E-state index in [2.05, 4.69) is 9.82 Å². The van der Waals surface area contributed by atoms with Gasteiger partial charge in [-0.05, 0) is 43.4 Å². The van der Waals surface area contributed by atoms with Crippen LogP contribution in [0.15, 0.2) is 29.3 Å². The van der Waals surface area contributed by atoms with Crippen molar-refractivity contribution >= 4 is 10.0 Å². The monoisotopic (exact) mass is 341 g/mol. The second kappa shape index (κ2) is 6.37. The minimum absolute atomic E-state index is 0.0181. The van der Waals surface area contributed by atoms with Gasteiger partial charge in [-0.2, -0.15) is 5.10 Å². The molecule has 124 valence electrons. The molecule has 1 heterocycles. The fourth-order valence-electron chi connectivity index (χ4n) is 2.85. The van der Waals surface area contributed by atoms with Gasteiger partial charge in [-0.3, -0.25) is 4.68 Å². The van der Waals surface area contributed by atoms with Gasteiger partial charge < -0.3 is 0 Å². The van der Waals surface area contributed by atoms with Crippen molar-refractivity contribution in [2.45, 2.75) is 37.1 Å². The highest BCUT2D eigenvalue weighted by atomic mass is 32.2. The molecule has 0 unspecified atom stereocenters. The maximum atomic E-state index is 13.6. The Balaban J connectivity index is 1.70. The molecule has 1 aromatic heterocycles. The summed E-state index contributed by atoms with van der Waals surface area (Å²) in [6, 6.07) is 2.96. The summed E-state index contributed by atoms with van der Waals surface area (Å²) in [4.78, 5) is -0.942. The second-order valence-corrected chi connectivity index (χ2v) is 7.20. The highest BCUT2D eigenvalue weighted by Crippen LogP contribution is 2.21. The van der Waals surface area contributed by atoms with Crippen molar-refractivity contribution in [3.63, 3.8) is 0 Å². The third-order valence-corrected chi connectivity index (χ3v) is 5.46. The van der Waals surface area contributed by atoms with Gasteiger partial charge in [-0.25, -0.2) is 21.9 Å². The van der Waals surface area contributed by atoms with Crippen LogP contribution in [-0.2, 0) is 29.4 Å². The van der Waals surface area contributed by atoms with Crippen molar-refractivity contribution in [1.29, 1.82) is 0 Å². The lowest BCUT2D eigenvalue weighted by Crippen LogP contribution is -2.29. The number of hydrogen-bond acceptors (Lipinski definition) is 3. The molecule has 5 nitrogen and oxygen atoms in total. The van der Waals surface area contributed by atoms with Crippen molar-refractivity contribution in [1.82, 2.24) is 14.5 Å². The van der Waals surface area contributed by atoms with Gasteiger partial charge >= 0.3 is 0 Å². The molecule has 0 saturated carbocycles. The average molecular weight is 341 g/mol. The lowest BCUT2D eigenvalue weighted by Gasteiger charge is -2.14. The topological polar surface area (TPSA) is 64.0 Å². The van der Waals surface area contributed by atoms with E-state index in [1.54, 1.807) is 10.9 Å². The molecule has 1 aliphatic carbocycles. The smallest absolute Gasteiger partial charge is 0.246 e. The first-order chi connectivity index (χ1) is 11.0. The minimum atomic E-state index is -4.24. The molecule has 3 rings (SSSR count). The van der Waals surface area contributed by atoms with Crippen molar-refractivity contribution < 1.29 is 17.2 Å². The molecule has 1 N–H and O–H groups in total. The summed E-state index contributed by atoms with van der Waals surface area (Å²) in [6.45, 7) is 0.342. The number of hydrogen-bond donors (Lipinski definition) is 1. The van der Waals surface area contributed by atoms with Crippen LogP contribution in [0, 0.1) is 11.6 Å². The zero-order chi connectivity index (χ0) is 16.4. The Bertz CT molecular complexity index is 798. The van der Waals surface area contributed by atoms with E-state index in [0.717, 1.165) is 49.6 Å². The summed E-state index contributed by atoms with van der Waals surface area (Å²) in [7, 11) is -4.24. The van der Waals surface area contributed by atoms with Gasteiger partial charge in [0.1, 0.15) is 11.6 Å². The maximum absolute atomic E-state index is 13.6. The van der Waals surface area contributed by atoms with Gasteiger partial charge in [0.05, 0.1) is 12.7 Å². The molecule has 0 fully saturated rings. The second-order valence-electron chi connectivity index (χ2n) is 5.50. The van der Waals surface area contributed by atoms with Crippen molar-refractivity contribution in [2.24, 2.45) is 0 Å². The number of sulfonamides is 1. The summed E-state index contributed by atoms with van der Waals surface area (Å²) < 4.78 is 55.3. The lowest BCUT2D eigenvalue weighted by molar-refractivity contribution is 0.507. The van der Waals surface area contributed by atoms with Gasteiger partial charge in [-0.1, -0.05) is 6.07 Å². The first-order valence-electron chi connectivity index (χ1n) is 7.46. The number of nitrogens with one attached hydrogen (secondary N) is 1. The lowest BCUT2D eigenvalue weighted by atomic mass is 9.98. The normalized spacial score (nSPS) is 14.7. The Morgan fingerprint density at radius 3 is 2.61 bits per heavy atom. The summed E-state index contributed by atoms with van der Waals surface area (Å²) in [5.41, 5.74) is 2.31. The molecule has 0 spiro atoms. The Kier molecular flexibility index (Phi) is 4.45. The number of aromatic nitrogens is 2. The summed E-state index contributed by atoms with van der Waals surface area (Å²) in [5, 5.41) is 4.26. The molecule has 0 atom stereocenters. The van der Waals surface area contributed by atoms with Crippen molar-refractivity contribution in [2.75, 3.05) is 6.54 Å². The van der Waals surface area contributed by atoms with E-state index in [1.165, 1.54) is 5.56 Å². The van der Waals surface area contributed by atoms with E-state index in [0.29, 0.717) is 6.54 Å². The molecule has 1 aliphatic rings. The van der Waals surface area contributed by atoms with Gasteiger partial charge in [0.25, 0.3) is 0 Å². The van der Waals surface area contributed by atoms with Crippen LogP contribution < -0.4 is 4.72 Å². The molecule has 0 amide bonds. The van der Waals surface area contributed by atoms with Gasteiger partial charge in [0, 0.05) is 12.2 Å². The molecule has 0 radical (unpaired) electrons. The predicted molar refractivity (Wildman–Crippen MR) is 80.4 cm³/mol. The van der Waals surface area contributed by atoms with E-state index >= 15 is 0 Å². The standard InChI is InChI=1S/C15H17F2N3O2S/c16-12-5-3-6-13(17)15(12)23(21,22)19-8-9-20-14-7-2-1-4-11(14)10-18-20/h3,5-6,10,19H,1-2,4,7-9H2. The maximum Gasteiger partial charge on any atom is 0.246 e. The largest absolute Gasteiger partial charge is 0.268 e. The Morgan fingerprint density at radius 2 is 1.87 bits per heavy atom. The summed E-state index contributed by atoms with van der Waals surface area (Å²) >= 11 is 0. The van der Waals surface area contributed by atoms with E-state index in [-0.39, 0.29) is 6.54 Å². The molecule has 0 aliphatic heterocycles. The number of rotatable bonds is 5. The third-order valence-electron chi connectivity index (χ3n) is 3.95. The van der Waals surface area contributed by atoms with Crippen LogP contribution >= 0.6 is 0 Å². The SMILES string of the molecule is O=S(=O)(NCCn1ncc2c1CCCC2)c1c(F)cccc1F. The van der Waals surface area contributed by atoms with Crippen LogP contribution in [0.1, 0.15) is 24.1 Å². The molecule has 2 aromatic rings. The Hall–Kier alpha value is -1.80.